The van der Waals surface area contributed by atoms with Crippen LogP contribution in [-0.2, 0) is 27.8 Å². The fourth-order valence-corrected chi connectivity index (χ4v) is 7.00. The van der Waals surface area contributed by atoms with Gasteiger partial charge in [-0.15, -0.1) is 11.3 Å². The summed E-state index contributed by atoms with van der Waals surface area (Å²) in [6, 6.07) is 12.6. The average molecular weight is 502 g/mol. The Hall–Kier alpha value is -2.23. The van der Waals surface area contributed by atoms with Crippen LogP contribution in [0.25, 0.3) is 16.8 Å². The number of piperazine rings is 1. The molecule has 0 aliphatic carbocycles. The third kappa shape index (κ3) is 4.72. The Balaban J connectivity index is 1.23. The molecule has 2 aliphatic rings. The summed E-state index contributed by atoms with van der Waals surface area (Å²) in [5, 5.41) is 5.69. The number of thiophene rings is 1. The third-order valence-corrected chi connectivity index (χ3v) is 9.44. The highest BCUT2D eigenvalue weighted by molar-refractivity contribution is 7.89. The zero-order chi connectivity index (χ0) is 23.0. The highest BCUT2D eigenvalue weighted by Gasteiger charge is 2.29. The van der Waals surface area contributed by atoms with Crippen molar-refractivity contribution in [3.8, 4) is 0 Å². The molecule has 1 N–H and O–H groups in total. The number of hydrogen-bond donors (Lipinski definition) is 1. The number of carbonyl (C=O) groups excluding carboxylic acids is 1. The van der Waals surface area contributed by atoms with Crippen molar-refractivity contribution in [3.63, 3.8) is 0 Å². The highest BCUT2D eigenvalue weighted by Crippen LogP contribution is 2.27. The summed E-state index contributed by atoms with van der Waals surface area (Å²) in [6.07, 6.45) is 4.50. The Morgan fingerprint density at radius 3 is 2.58 bits per heavy atom. The zero-order valence-corrected chi connectivity index (χ0v) is 20.3. The van der Waals surface area contributed by atoms with Crippen LogP contribution in [0.4, 0.5) is 0 Å². The summed E-state index contributed by atoms with van der Waals surface area (Å²) in [7, 11) is -3.63. The molecule has 33 heavy (non-hydrogen) atoms. The first-order valence-corrected chi connectivity index (χ1v) is 13.5. The van der Waals surface area contributed by atoms with Gasteiger partial charge < -0.3 is 10.2 Å². The Morgan fingerprint density at radius 1 is 1.03 bits per heavy atom. The van der Waals surface area contributed by atoms with E-state index in [1.54, 1.807) is 46.6 Å². The molecule has 3 heterocycles. The van der Waals surface area contributed by atoms with Crippen LogP contribution in [-0.4, -0.2) is 56.3 Å². The smallest absolute Gasteiger partial charge is 0.246 e. The van der Waals surface area contributed by atoms with Gasteiger partial charge in [-0.2, -0.15) is 4.31 Å². The van der Waals surface area contributed by atoms with Crippen molar-refractivity contribution in [2.45, 2.75) is 17.9 Å². The van der Waals surface area contributed by atoms with Crippen molar-refractivity contribution in [2.24, 2.45) is 0 Å². The number of halogens is 1. The van der Waals surface area contributed by atoms with E-state index in [0.29, 0.717) is 18.1 Å². The lowest BCUT2D eigenvalue weighted by Gasteiger charge is -2.33. The molecule has 0 radical (unpaired) electrons. The molecular weight excluding hydrogens is 478 g/mol. The lowest BCUT2D eigenvalue weighted by Crippen LogP contribution is -2.50. The van der Waals surface area contributed by atoms with Gasteiger partial charge in [0.15, 0.2) is 0 Å². The van der Waals surface area contributed by atoms with E-state index in [2.05, 4.69) is 11.4 Å². The van der Waals surface area contributed by atoms with Gasteiger partial charge in [0.1, 0.15) is 0 Å². The van der Waals surface area contributed by atoms with Crippen molar-refractivity contribution < 1.29 is 13.2 Å². The number of carbonyl (C=O) groups is 1. The minimum absolute atomic E-state index is 0.0841. The van der Waals surface area contributed by atoms with Gasteiger partial charge in [0.05, 0.1) is 4.90 Å². The normalized spacial score (nSPS) is 17.5. The monoisotopic (exact) mass is 501 g/mol. The van der Waals surface area contributed by atoms with Crippen molar-refractivity contribution in [1.29, 1.82) is 0 Å². The zero-order valence-electron chi connectivity index (χ0n) is 18.0. The fourth-order valence-electron chi connectivity index (χ4n) is 4.27. The van der Waals surface area contributed by atoms with E-state index < -0.39 is 10.0 Å². The van der Waals surface area contributed by atoms with Crippen molar-refractivity contribution in [3.05, 3.63) is 68.9 Å². The molecule has 5 rings (SSSR count). The standard InChI is InChI=1S/C24H24ClN3O3S2/c25-20-3-1-18-15-22(5-2-17(18)13-20)33(30,31)28-11-9-27(10-12-28)24(29)6-4-21-14-19-16-26-8-7-23(19)32-21/h1-6,13-15,26H,7-12,16H2. The minimum Gasteiger partial charge on any atom is -0.337 e. The minimum atomic E-state index is -3.63. The maximum Gasteiger partial charge on any atom is 0.246 e. The van der Waals surface area contributed by atoms with E-state index in [9.17, 15) is 13.2 Å². The fraction of sp³-hybridized carbons (Fsp3) is 0.292. The number of sulfonamides is 1. The molecule has 6 nitrogen and oxygen atoms in total. The highest BCUT2D eigenvalue weighted by atomic mass is 35.5. The summed E-state index contributed by atoms with van der Waals surface area (Å²) >= 11 is 7.76. The van der Waals surface area contributed by atoms with Crippen LogP contribution in [0.3, 0.4) is 0 Å². The molecule has 0 saturated carbocycles. The van der Waals surface area contributed by atoms with E-state index in [-0.39, 0.29) is 23.9 Å². The van der Waals surface area contributed by atoms with Crippen LogP contribution in [0.15, 0.2) is 53.4 Å². The lowest BCUT2D eigenvalue weighted by molar-refractivity contribution is -0.127. The van der Waals surface area contributed by atoms with Gasteiger partial charge in [-0.1, -0.05) is 23.7 Å². The van der Waals surface area contributed by atoms with Gasteiger partial charge in [0.25, 0.3) is 0 Å². The first kappa shape index (κ1) is 22.6. The van der Waals surface area contributed by atoms with Crippen LogP contribution < -0.4 is 5.32 Å². The molecule has 2 aliphatic heterocycles. The van der Waals surface area contributed by atoms with Crippen LogP contribution >= 0.6 is 22.9 Å². The Morgan fingerprint density at radius 2 is 1.79 bits per heavy atom. The van der Waals surface area contributed by atoms with E-state index >= 15 is 0 Å². The number of rotatable bonds is 4. The summed E-state index contributed by atoms with van der Waals surface area (Å²) < 4.78 is 27.8. The Kier molecular flexibility index (Phi) is 6.28. The molecule has 3 aromatic rings. The first-order chi connectivity index (χ1) is 15.9. The predicted molar refractivity (Wildman–Crippen MR) is 133 cm³/mol. The van der Waals surface area contributed by atoms with E-state index in [1.807, 2.05) is 18.2 Å². The van der Waals surface area contributed by atoms with E-state index in [4.69, 9.17) is 11.6 Å². The number of fused-ring (bicyclic) bond motifs is 2. The summed E-state index contributed by atoms with van der Waals surface area (Å²) in [6.45, 7) is 3.18. The van der Waals surface area contributed by atoms with Gasteiger partial charge in [-0.25, -0.2) is 8.42 Å². The van der Waals surface area contributed by atoms with Crippen molar-refractivity contribution in [2.75, 3.05) is 32.7 Å². The first-order valence-electron chi connectivity index (χ1n) is 10.9. The predicted octanol–water partition coefficient (Wildman–Crippen LogP) is 3.75. The number of nitrogens with zero attached hydrogens (tertiary/aromatic N) is 2. The second-order valence-electron chi connectivity index (χ2n) is 8.24. The molecular formula is C24H24ClN3O3S2. The molecule has 1 aromatic heterocycles. The van der Waals surface area contributed by atoms with Crippen molar-refractivity contribution >= 4 is 55.7 Å². The van der Waals surface area contributed by atoms with Gasteiger partial charge in [0.2, 0.25) is 15.9 Å². The second-order valence-corrected chi connectivity index (χ2v) is 11.8. The molecule has 0 bridgehead atoms. The SMILES string of the molecule is O=C(C=Cc1cc2c(s1)CCNC2)N1CCN(S(=O)(=O)c2ccc3cc(Cl)ccc3c2)CC1. The molecule has 1 saturated heterocycles. The Labute approximate surface area is 202 Å². The summed E-state index contributed by atoms with van der Waals surface area (Å²) in [5.41, 5.74) is 1.31. The van der Waals surface area contributed by atoms with Gasteiger partial charge in [0, 0.05) is 60.1 Å². The molecule has 0 atom stereocenters. The topological polar surface area (TPSA) is 69.7 Å². The maximum atomic E-state index is 13.2. The maximum absolute atomic E-state index is 13.2. The third-order valence-electron chi connectivity index (χ3n) is 6.11. The molecule has 0 unspecified atom stereocenters. The van der Waals surface area contributed by atoms with Crippen LogP contribution in [0.5, 0.6) is 0 Å². The number of hydrogen-bond acceptors (Lipinski definition) is 5. The number of nitrogens with one attached hydrogen (secondary N) is 1. The van der Waals surface area contributed by atoms with E-state index in [1.165, 1.54) is 14.7 Å². The molecule has 1 fully saturated rings. The quantitative estimate of drug-likeness (QED) is 0.553. The summed E-state index contributed by atoms with van der Waals surface area (Å²) in [5.74, 6) is -0.0841. The van der Waals surface area contributed by atoms with Gasteiger partial charge in [-0.3, -0.25) is 4.79 Å². The number of benzene rings is 2. The Bertz CT molecular complexity index is 1320. The lowest BCUT2D eigenvalue weighted by atomic mass is 10.1. The second kappa shape index (κ2) is 9.19. The van der Waals surface area contributed by atoms with Crippen LogP contribution in [0, 0.1) is 0 Å². The van der Waals surface area contributed by atoms with Gasteiger partial charge >= 0.3 is 0 Å². The number of amides is 1. The molecule has 2 aromatic carbocycles. The molecule has 0 spiro atoms. The van der Waals surface area contributed by atoms with Crippen molar-refractivity contribution in [1.82, 2.24) is 14.5 Å². The molecule has 1 amide bonds. The van der Waals surface area contributed by atoms with Crippen LogP contribution in [0.2, 0.25) is 5.02 Å². The largest absolute Gasteiger partial charge is 0.337 e. The average Bonchev–Trinajstić information content (AvgIpc) is 3.25. The molecule has 172 valence electrons. The van der Waals surface area contributed by atoms with E-state index in [0.717, 1.165) is 35.2 Å². The molecule has 9 heteroatoms. The summed E-state index contributed by atoms with van der Waals surface area (Å²) in [4.78, 5) is 17.1. The van der Waals surface area contributed by atoms with Gasteiger partial charge in [-0.05, 0) is 59.2 Å². The van der Waals surface area contributed by atoms with Crippen LogP contribution in [0.1, 0.15) is 15.3 Å².